The summed E-state index contributed by atoms with van der Waals surface area (Å²) < 4.78 is 0. The van der Waals surface area contributed by atoms with Gasteiger partial charge in [-0.25, -0.2) is 5.43 Å². The van der Waals surface area contributed by atoms with Crippen molar-refractivity contribution < 1.29 is 10.2 Å². The number of hydrogen-bond acceptors (Lipinski definition) is 9. The molecule has 0 saturated heterocycles. The monoisotopic (exact) mass is 446 g/mol. The highest BCUT2D eigenvalue weighted by Gasteiger charge is 2.13. The summed E-state index contributed by atoms with van der Waals surface area (Å²) in [6, 6.07) is 15.8. The summed E-state index contributed by atoms with van der Waals surface area (Å²) in [5.41, 5.74) is 6.77. The van der Waals surface area contributed by atoms with Gasteiger partial charge < -0.3 is 25.4 Å². The Morgan fingerprint density at radius 3 is 2.45 bits per heavy atom. The number of benzene rings is 2. The zero-order valence-electron chi connectivity index (χ0n) is 18.2. The van der Waals surface area contributed by atoms with Crippen molar-refractivity contribution >= 4 is 40.6 Å². The summed E-state index contributed by atoms with van der Waals surface area (Å²) in [6.45, 7) is 2.35. The molecule has 4 aromatic rings. The molecule has 0 unspecified atom stereocenters. The first kappa shape index (κ1) is 22.2. The fourth-order valence-corrected chi connectivity index (χ4v) is 3.29. The number of aromatic nitrogens is 4. The number of aliphatic hydroxyl groups is 2. The van der Waals surface area contributed by atoms with Gasteiger partial charge in [-0.3, -0.25) is 0 Å². The number of hydrogen-bond donors (Lipinski definition) is 5. The van der Waals surface area contributed by atoms with Crippen LogP contribution in [0.3, 0.4) is 0 Å². The van der Waals surface area contributed by atoms with Crippen LogP contribution in [0, 0.1) is 6.92 Å². The lowest BCUT2D eigenvalue weighted by atomic mass is 10.2. The molecule has 10 nitrogen and oxygen atoms in total. The van der Waals surface area contributed by atoms with Gasteiger partial charge in [-0.1, -0.05) is 35.9 Å². The predicted molar refractivity (Wildman–Crippen MR) is 130 cm³/mol. The van der Waals surface area contributed by atoms with E-state index in [0.29, 0.717) is 11.9 Å². The van der Waals surface area contributed by atoms with E-state index in [1.165, 1.54) is 0 Å². The molecule has 0 amide bonds. The second kappa shape index (κ2) is 10.5. The van der Waals surface area contributed by atoms with Gasteiger partial charge in [-0.15, -0.1) is 0 Å². The number of nitrogens with one attached hydrogen (secondary N) is 3. The van der Waals surface area contributed by atoms with E-state index < -0.39 is 0 Å². The molecule has 2 aromatic carbocycles. The number of H-pyrrole nitrogens is 1. The van der Waals surface area contributed by atoms with E-state index in [2.05, 4.69) is 35.8 Å². The number of aromatic amines is 1. The van der Waals surface area contributed by atoms with E-state index in [0.717, 1.165) is 27.7 Å². The van der Waals surface area contributed by atoms with Gasteiger partial charge in [0.15, 0.2) is 0 Å². The molecule has 0 aliphatic rings. The van der Waals surface area contributed by atoms with Crippen LogP contribution in [0.1, 0.15) is 11.1 Å². The number of aliphatic hydroxyl groups excluding tert-OH is 2. The Kier molecular flexibility index (Phi) is 7.08. The Bertz CT molecular complexity index is 1220. The van der Waals surface area contributed by atoms with Crippen molar-refractivity contribution in [3.05, 3.63) is 65.9 Å². The fraction of sp³-hybridized carbons (Fsp3) is 0.217. The number of anilines is 4. The molecule has 0 radical (unpaired) electrons. The average Bonchev–Trinajstić information content (AvgIpc) is 3.23. The normalized spacial score (nSPS) is 11.2. The molecule has 0 atom stereocenters. The average molecular weight is 447 g/mol. The van der Waals surface area contributed by atoms with Gasteiger partial charge in [0, 0.05) is 41.4 Å². The highest BCUT2D eigenvalue weighted by atomic mass is 16.3. The second-order valence-electron chi connectivity index (χ2n) is 7.37. The minimum Gasteiger partial charge on any atom is -0.395 e. The molecule has 0 fully saturated rings. The van der Waals surface area contributed by atoms with E-state index >= 15 is 0 Å². The molecule has 0 bridgehead atoms. The van der Waals surface area contributed by atoms with Gasteiger partial charge in [0.2, 0.25) is 17.8 Å². The quantitative estimate of drug-likeness (QED) is 0.185. The van der Waals surface area contributed by atoms with Crippen molar-refractivity contribution in [3.63, 3.8) is 0 Å². The van der Waals surface area contributed by atoms with E-state index in [1.54, 1.807) is 11.1 Å². The van der Waals surface area contributed by atoms with Crippen LogP contribution in [-0.2, 0) is 0 Å². The molecule has 0 saturated carbocycles. The standard InChI is InChI=1S/C23H26N8O2/c1-16-6-8-18(9-7-16)26-21-27-22(29-23(28-21)31(10-12-32)11-13-33)30-25-15-17-14-24-20-5-3-2-4-19(17)20/h2-9,14-15,24,32-33H,10-13H2,1H3,(H2,26,27,28,29,30)/b25-15+. The lowest BCUT2D eigenvalue weighted by Crippen LogP contribution is -2.31. The summed E-state index contributed by atoms with van der Waals surface area (Å²) in [4.78, 5) is 18.2. The van der Waals surface area contributed by atoms with E-state index in [-0.39, 0.29) is 32.3 Å². The topological polar surface area (TPSA) is 135 Å². The third-order valence-electron chi connectivity index (χ3n) is 4.94. The van der Waals surface area contributed by atoms with Crippen molar-refractivity contribution in [2.45, 2.75) is 6.92 Å². The summed E-state index contributed by atoms with van der Waals surface area (Å²) in [5.74, 6) is 0.855. The van der Waals surface area contributed by atoms with Crippen molar-refractivity contribution in [3.8, 4) is 0 Å². The Morgan fingerprint density at radius 2 is 1.70 bits per heavy atom. The van der Waals surface area contributed by atoms with E-state index in [1.807, 2.05) is 61.7 Å². The number of fused-ring (bicyclic) bond motifs is 1. The Morgan fingerprint density at radius 1 is 0.970 bits per heavy atom. The van der Waals surface area contributed by atoms with Gasteiger partial charge >= 0.3 is 0 Å². The largest absolute Gasteiger partial charge is 0.395 e. The third-order valence-corrected chi connectivity index (χ3v) is 4.94. The van der Waals surface area contributed by atoms with E-state index in [9.17, 15) is 10.2 Å². The number of hydrazone groups is 1. The molecule has 0 aliphatic heterocycles. The smallest absolute Gasteiger partial charge is 0.250 e. The molecule has 4 rings (SSSR count). The highest BCUT2D eigenvalue weighted by molar-refractivity contribution is 5.99. The third kappa shape index (κ3) is 5.62. The highest BCUT2D eigenvalue weighted by Crippen LogP contribution is 2.19. The molecule has 0 spiro atoms. The molecule has 5 N–H and O–H groups in total. The van der Waals surface area contributed by atoms with Crippen molar-refractivity contribution in [1.82, 2.24) is 19.9 Å². The van der Waals surface area contributed by atoms with Crippen LogP contribution in [0.5, 0.6) is 0 Å². The zero-order chi connectivity index (χ0) is 23.0. The van der Waals surface area contributed by atoms with Gasteiger partial charge in [-0.2, -0.15) is 20.1 Å². The molecule has 33 heavy (non-hydrogen) atoms. The van der Waals surface area contributed by atoms with Crippen LogP contribution < -0.4 is 15.6 Å². The summed E-state index contributed by atoms with van der Waals surface area (Å²) >= 11 is 0. The van der Waals surface area contributed by atoms with Crippen molar-refractivity contribution in [2.75, 3.05) is 41.9 Å². The first-order valence-corrected chi connectivity index (χ1v) is 10.6. The summed E-state index contributed by atoms with van der Waals surface area (Å²) in [5, 5.41) is 27.3. The first-order chi connectivity index (χ1) is 16.2. The van der Waals surface area contributed by atoms with Crippen LogP contribution >= 0.6 is 0 Å². The lowest BCUT2D eigenvalue weighted by molar-refractivity contribution is 0.280. The van der Waals surface area contributed by atoms with Gasteiger partial charge in [0.25, 0.3) is 0 Å². The molecular weight excluding hydrogens is 420 g/mol. The Hall–Kier alpha value is -4.02. The van der Waals surface area contributed by atoms with Crippen molar-refractivity contribution in [1.29, 1.82) is 0 Å². The first-order valence-electron chi connectivity index (χ1n) is 10.6. The van der Waals surface area contributed by atoms with Crippen LogP contribution in [0.25, 0.3) is 10.9 Å². The van der Waals surface area contributed by atoms with Gasteiger partial charge in [-0.05, 0) is 25.1 Å². The molecule has 0 aliphatic carbocycles. The van der Waals surface area contributed by atoms with E-state index in [4.69, 9.17) is 0 Å². The Balaban J connectivity index is 1.60. The minimum atomic E-state index is -0.103. The predicted octanol–water partition coefficient (Wildman–Crippen LogP) is 2.64. The summed E-state index contributed by atoms with van der Waals surface area (Å²) in [6.07, 6.45) is 3.57. The number of rotatable bonds is 10. The minimum absolute atomic E-state index is 0.103. The molecular formula is C23H26N8O2. The van der Waals surface area contributed by atoms with Crippen molar-refractivity contribution in [2.24, 2.45) is 5.10 Å². The number of para-hydroxylation sites is 1. The lowest BCUT2D eigenvalue weighted by Gasteiger charge is -2.21. The van der Waals surface area contributed by atoms with Gasteiger partial charge in [0.1, 0.15) is 0 Å². The van der Waals surface area contributed by atoms with Crippen LogP contribution in [0.2, 0.25) is 0 Å². The number of aryl methyl sites for hydroxylation is 1. The molecule has 2 aromatic heterocycles. The fourth-order valence-electron chi connectivity index (χ4n) is 3.29. The number of nitrogens with zero attached hydrogens (tertiary/aromatic N) is 5. The maximum atomic E-state index is 9.41. The molecule has 170 valence electrons. The SMILES string of the molecule is Cc1ccc(Nc2nc(N/N=C/c3c[nH]c4ccccc34)nc(N(CCO)CCO)n2)cc1. The Labute approximate surface area is 191 Å². The molecule has 2 heterocycles. The maximum absolute atomic E-state index is 9.41. The zero-order valence-corrected chi connectivity index (χ0v) is 18.2. The van der Waals surface area contributed by atoms with Crippen LogP contribution in [0.15, 0.2) is 59.8 Å². The second-order valence-corrected chi connectivity index (χ2v) is 7.37. The van der Waals surface area contributed by atoms with Crippen LogP contribution in [-0.4, -0.2) is 62.7 Å². The van der Waals surface area contributed by atoms with Crippen LogP contribution in [0.4, 0.5) is 23.5 Å². The maximum Gasteiger partial charge on any atom is 0.250 e. The summed E-state index contributed by atoms with van der Waals surface area (Å²) in [7, 11) is 0. The molecule has 10 heteroatoms. The van der Waals surface area contributed by atoms with Gasteiger partial charge in [0.05, 0.1) is 19.4 Å².